The molecule has 1 unspecified atom stereocenters. The second-order valence-corrected chi connectivity index (χ2v) is 8.14. The van der Waals surface area contributed by atoms with Gasteiger partial charge < -0.3 is 24.4 Å². The maximum atomic E-state index is 12.8. The van der Waals surface area contributed by atoms with Gasteiger partial charge >= 0.3 is 0 Å². The van der Waals surface area contributed by atoms with Crippen molar-refractivity contribution in [2.24, 2.45) is 4.99 Å². The minimum absolute atomic E-state index is 0.0221. The van der Waals surface area contributed by atoms with Gasteiger partial charge in [-0.1, -0.05) is 0 Å². The van der Waals surface area contributed by atoms with Crippen LogP contribution >= 0.6 is 0 Å². The average Bonchev–Trinajstić information content (AvgIpc) is 3.41. The first kappa shape index (κ1) is 22.1. The van der Waals surface area contributed by atoms with Crippen molar-refractivity contribution in [3.8, 4) is 0 Å². The molecule has 2 fully saturated rings. The molecule has 9 nitrogen and oxygen atoms in total. The molecule has 9 heteroatoms. The van der Waals surface area contributed by atoms with E-state index in [1.165, 1.54) is 0 Å². The van der Waals surface area contributed by atoms with Crippen molar-refractivity contribution in [2.45, 2.75) is 25.3 Å². The summed E-state index contributed by atoms with van der Waals surface area (Å²) in [4.78, 5) is 37.2. The zero-order chi connectivity index (χ0) is 21.5. The molecule has 0 aliphatic carbocycles. The van der Waals surface area contributed by atoms with Gasteiger partial charge in [-0.3, -0.25) is 14.5 Å². The number of likely N-dealkylation sites (N-methyl/N-ethyl adjacent to an activating group) is 2. The van der Waals surface area contributed by atoms with Gasteiger partial charge in [-0.05, 0) is 38.6 Å². The molecule has 3 heterocycles. The summed E-state index contributed by atoms with van der Waals surface area (Å²) in [5.41, 5.74) is 0. The van der Waals surface area contributed by atoms with Crippen LogP contribution < -0.4 is 5.32 Å². The molecule has 2 saturated heterocycles. The zero-order valence-electron chi connectivity index (χ0n) is 18.3. The molecular weight excluding hydrogens is 384 g/mol. The predicted octanol–water partition coefficient (Wildman–Crippen LogP) is 0.0943. The van der Waals surface area contributed by atoms with Crippen LogP contribution in [0.3, 0.4) is 0 Å². The molecule has 0 bridgehead atoms. The summed E-state index contributed by atoms with van der Waals surface area (Å²) in [6.07, 6.45) is 4.44. The molecule has 1 aromatic heterocycles. The lowest BCUT2D eigenvalue weighted by Gasteiger charge is -2.38. The molecule has 0 radical (unpaired) electrons. The molecule has 2 amide bonds. The number of piperazine rings is 1. The summed E-state index contributed by atoms with van der Waals surface area (Å²) in [6.45, 7) is 4.49. The van der Waals surface area contributed by atoms with Gasteiger partial charge in [0.15, 0.2) is 5.96 Å². The Morgan fingerprint density at radius 2 is 1.93 bits per heavy atom. The van der Waals surface area contributed by atoms with Crippen LogP contribution in [0.4, 0.5) is 0 Å². The largest absolute Gasteiger partial charge is 0.469 e. The number of nitrogens with one attached hydrogen (secondary N) is 1. The molecule has 0 aromatic carbocycles. The standard InChI is InChI=1S/C21H34N6O3/c1-24(2)19(28)16-23-21(22-9-8-17-6-5-15-30-17)27-13-11-26(12-14-27)20(29)18-7-4-10-25(18)3/h5-6,15,18H,4,7-14,16H2,1-3H3,(H,22,23). The van der Waals surface area contributed by atoms with Crippen LogP contribution in [0, 0.1) is 0 Å². The highest BCUT2D eigenvalue weighted by Gasteiger charge is 2.33. The number of hydrogen-bond donors (Lipinski definition) is 1. The monoisotopic (exact) mass is 418 g/mol. The fraction of sp³-hybridized carbons (Fsp3) is 0.667. The highest BCUT2D eigenvalue weighted by molar-refractivity contribution is 5.85. The van der Waals surface area contributed by atoms with E-state index in [4.69, 9.17) is 4.42 Å². The predicted molar refractivity (Wildman–Crippen MR) is 115 cm³/mol. The number of furan rings is 1. The molecule has 0 saturated carbocycles. The number of carbonyl (C=O) groups excluding carboxylic acids is 2. The number of aliphatic imine (C=N–C) groups is 1. The average molecular weight is 419 g/mol. The molecule has 2 aliphatic heterocycles. The Morgan fingerprint density at radius 1 is 1.20 bits per heavy atom. The minimum atomic E-state index is -0.0431. The van der Waals surface area contributed by atoms with E-state index in [-0.39, 0.29) is 24.4 Å². The first-order chi connectivity index (χ1) is 14.5. The Labute approximate surface area is 178 Å². The third kappa shape index (κ3) is 5.75. The van der Waals surface area contributed by atoms with Gasteiger partial charge in [0.1, 0.15) is 12.3 Å². The Hall–Kier alpha value is -2.55. The normalized spacial score (nSPS) is 20.5. The third-order valence-electron chi connectivity index (χ3n) is 5.79. The van der Waals surface area contributed by atoms with Gasteiger partial charge in [0.25, 0.3) is 0 Å². The number of guanidine groups is 1. The van der Waals surface area contributed by atoms with Crippen LogP contribution in [0.5, 0.6) is 0 Å². The van der Waals surface area contributed by atoms with Crippen molar-refractivity contribution in [1.82, 2.24) is 24.9 Å². The number of hydrogen-bond acceptors (Lipinski definition) is 5. The number of rotatable bonds is 6. The van der Waals surface area contributed by atoms with Crippen LogP contribution in [0.15, 0.2) is 27.8 Å². The van der Waals surface area contributed by atoms with Gasteiger partial charge in [0.05, 0.1) is 12.3 Å². The smallest absolute Gasteiger partial charge is 0.243 e. The SMILES string of the molecule is CN(C)C(=O)CN=C(NCCc1ccco1)N1CCN(C(=O)C2CCCN2C)CC1. The van der Waals surface area contributed by atoms with Gasteiger partial charge in [-0.25, -0.2) is 4.99 Å². The fourth-order valence-corrected chi connectivity index (χ4v) is 3.88. The lowest BCUT2D eigenvalue weighted by Crippen LogP contribution is -2.56. The van der Waals surface area contributed by atoms with Gasteiger partial charge in [-0.2, -0.15) is 0 Å². The maximum absolute atomic E-state index is 12.8. The minimum Gasteiger partial charge on any atom is -0.469 e. The van der Waals surface area contributed by atoms with Crippen molar-refractivity contribution >= 4 is 17.8 Å². The lowest BCUT2D eigenvalue weighted by atomic mass is 10.1. The summed E-state index contributed by atoms with van der Waals surface area (Å²) < 4.78 is 5.39. The van der Waals surface area contributed by atoms with Gasteiger partial charge in [-0.15, -0.1) is 0 Å². The summed E-state index contributed by atoms with van der Waals surface area (Å²) >= 11 is 0. The molecule has 3 rings (SSSR count). The van der Waals surface area contributed by atoms with E-state index in [1.54, 1.807) is 25.3 Å². The van der Waals surface area contributed by atoms with Crippen molar-refractivity contribution in [2.75, 3.05) is 67.0 Å². The molecule has 166 valence electrons. The van der Waals surface area contributed by atoms with E-state index >= 15 is 0 Å². The summed E-state index contributed by atoms with van der Waals surface area (Å²) in [7, 11) is 5.49. The van der Waals surface area contributed by atoms with Gasteiger partial charge in [0.2, 0.25) is 11.8 Å². The van der Waals surface area contributed by atoms with E-state index in [9.17, 15) is 9.59 Å². The van der Waals surface area contributed by atoms with Crippen LogP contribution in [0.25, 0.3) is 0 Å². The fourth-order valence-electron chi connectivity index (χ4n) is 3.88. The molecular formula is C21H34N6O3. The molecule has 1 N–H and O–H groups in total. The van der Waals surface area contributed by atoms with Crippen LogP contribution in [0.2, 0.25) is 0 Å². The zero-order valence-corrected chi connectivity index (χ0v) is 18.3. The van der Waals surface area contributed by atoms with E-state index in [2.05, 4.69) is 20.1 Å². The topological polar surface area (TPSA) is 84.6 Å². The first-order valence-electron chi connectivity index (χ1n) is 10.7. The Bertz CT molecular complexity index is 725. The van der Waals surface area contributed by atoms with E-state index in [0.29, 0.717) is 38.7 Å². The lowest BCUT2D eigenvalue weighted by molar-refractivity contribution is -0.136. The van der Waals surface area contributed by atoms with E-state index in [1.807, 2.05) is 24.1 Å². The number of nitrogens with zero attached hydrogens (tertiary/aromatic N) is 5. The van der Waals surface area contributed by atoms with Crippen LogP contribution in [-0.4, -0.2) is 110 Å². The second-order valence-electron chi connectivity index (χ2n) is 8.14. The van der Waals surface area contributed by atoms with Crippen molar-refractivity contribution in [1.29, 1.82) is 0 Å². The Kier molecular flexibility index (Phi) is 7.73. The maximum Gasteiger partial charge on any atom is 0.243 e. The van der Waals surface area contributed by atoms with E-state index in [0.717, 1.165) is 31.6 Å². The molecule has 1 atom stereocenters. The quantitative estimate of drug-likeness (QED) is 0.521. The molecule has 2 aliphatic rings. The molecule has 1 aromatic rings. The first-order valence-corrected chi connectivity index (χ1v) is 10.7. The van der Waals surface area contributed by atoms with Crippen molar-refractivity contribution in [3.05, 3.63) is 24.2 Å². The van der Waals surface area contributed by atoms with Gasteiger partial charge in [0, 0.05) is 53.2 Å². The number of carbonyl (C=O) groups is 2. The molecule has 0 spiro atoms. The number of amides is 2. The van der Waals surface area contributed by atoms with E-state index < -0.39 is 0 Å². The Balaban J connectivity index is 1.56. The molecule has 30 heavy (non-hydrogen) atoms. The summed E-state index contributed by atoms with van der Waals surface area (Å²) in [6, 6.07) is 3.84. The number of likely N-dealkylation sites (tertiary alicyclic amines) is 1. The third-order valence-corrected chi connectivity index (χ3v) is 5.79. The summed E-state index contributed by atoms with van der Waals surface area (Å²) in [5, 5.41) is 3.36. The highest BCUT2D eigenvalue weighted by atomic mass is 16.3. The van der Waals surface area contributed by atoms with Crippen molar-refractivity contribution in [3.63, 3.8) is 0 Å². The van der Waals surface area contributed by atoms with Crippen molar-refractivity contribution < 1.29 is 14.0 Å². The summed E-state index contributed by atoms with van der Waals surface area (Å²) in [5.74, 6) is 1.81. The second kappa shape index (κ2) is 10.5. The highest BCUT2D eigenvalue weighted by Crippen LogP contribution is 2.18. The van der Waals surface area contributed by atoms with Crippen LogP contribution in [0.1, 0.15) is 18.6 Å². The van der Waals surface area contributed by atoms with Crippen LogP contribution in [-0.2, 0) is 16.0 Å². The Morgan fingerprint density at radius 3 is 2.53 bits per heavy atom.